The Morgan fingerprint density at radius 1 is 1.13 bits per heavy atom. The molecule has 0 saturated heterocycles. The third-order valence-corrected chi connectivity index (χ3v) is 1.42. The van der Waals surface area contributed by atoms with Gasteiger partial charge in [0, 0.05) is 0 Å². The Morgan fingerprint density at radius 2 is 1.73 bits per heavy atom. The molecular formula is C9H18N6. The highest BCUT2D eigenvalue weighted by atomic mass is 15.5. The van der Waals surface area contributed by atoms with E-state index < -0.39 is 0 Å². The van der Waals surface area contributed by atoms with Gasteiger partial charge in [0.1, 0.15) is 12.1 Å². The predicted octanol–water partition coefficient (Wildman–Crippen LogP) is 1.17. The number of aromatic nitrogens is 4. The zero-order valence-electron chi connectivity index (χ0n) is 9.60. The lowest BCUT2D eigenvalue weighted by molar-refractivity contribution is 0.848. The quantitative estimate of drug-likeness (QED) is 0.636. The van der Waals surface area contributed by atoms with Crippen molar-refractivity contribution in [1.82, 2.24) is 19.9 Å². The van der Waals surface area contributed by atoms with E-state index in [1.54, 1.807) is 0 Å². The molecule has 84 valence electrons. The molecule has 0 radical (unpaired) electrons. The van der Waals surface area contributed by atoms with Gasteiger partial charge in [-0.15, -0.1) is 0 Å². The van der Waals surface area contributed by atoms with E-state index in [2.05, 4.69) is 15.1 Å². The predicted molar refractivity (Wildman–Crippen MR) is 62.6 cm³/mol. The van der Waals surface area contributed by atoms with Crippen molar-refractivity contribution in [3.05, 3.63) is 12.5 Å². The molecule has 2 aromatic heterocycles. The van der Waals surface area contributed by atoms with Crippen molar-refractivity contribution in [2.24, 2.45) is 0 Å². The Kier molecular flexibility index (Phi) is 5.77. The molecule has 2 aromatic rings. The highest BCUT2D eigenvalue weighted by molar-refractivity contribution is 5.84. The van der Waals surface area contributed by atoms with Crippen LogP contribution in [-0.4, -0.2) is 19.9 Å². The Bertz CT molecular complexity index is 394. The van der Waals surface area contributed by atoms with E-state index in [4.69, 9.17) is 11.6 Å². The van der Waals surface area contributed by atoms with Gasteiger partial charge in [0.05, 0.1) is 11.6 Å². The zero-order valence-corrected chi connectivity index (χ0v) is 9.60. The van der Waals surface area contributed by atoms with Crippen molar-refractivity contribution in [2.45, 2.75) is 27.7 Å². The van der Waals surface area contributed by atoms with Crippen molar-refractivity contribution < 1.29 is 0 Å². The second-order valence-electron chi connectivity index (χ2n) is 2.09. The summed E-state index contributed by atoms with van der Waals surface area (Å²) in [6.45, 7) is 8.00. The van der Waals surface area contributed by atoms with Gasteiger partial charge in [-0.3, -0.25) is 0 Å². The van der Waals surface area contributed by atoms with E-state index >= 15 is 0 Å². The van der Waals surface area contributed by atoms with Crippen molar-refractivity contribution in [2.75, 3.05) is 11.6 Å². The summed E-state index contributed by atoms with van der Waals surface area (Å²) in [5, 5.41) is 4.44. The number of anilines is 1. The molecular weight excluding hydrogens is 192 g/mol. The van der Waals surface area contributed by atoms with E-state index in [0.717, 1.165) is 4.79 Å². The molecule has 0 aromatic carbocycles. The van der Waals surface area contributed by atoms with Crippen LogP contribution in [0.25, 0.3) is 11.0 Å². The molecule has 2 rings (SSSR count). The summed E-state index contributed by atoms with van der Waals surface area (Å²) in [5.74, 6) is 5.80. The molecule has 0 aliphatic heterocycles. The van der Waals surface area contributed by atoms with E-state index in [1.807, 2.05) is 27.7 Å². The lowest BCUT2D eigenvalue weighted by Crippen LogP contribution is -2.10. The molecule has 0 unspecified atom stereocenters. The first-order chi connectivity index (χ1) is 7.29. The monoisotopic (exact) mass is 210 g/mol. The van der Waals surface area contributed by atoms with Gasteiger partial charge in [0.15, 0.2) is 5.65 Å². The lowest BCUT2D eigenvalue weighted by atomic mass is 10.4. The van der Waals surface area contributed by atoms with Crippen LogP contribution in [0.2, 0.25) is 0 Å². The van der Waals surface area contributed by atoms with Crippen LogP contribution < -0.4 is 11.6 Å². The Balaban J connectivity index is 0.000000442. The third-order valence-electron chi connectivity index (χ3n) is 1.42. The summed E-state index contributed by atoms with van der Waals surface area (Å²) in [6.07, 6.45) is 2.88. The maximum Gasteiger partial charge on any atom is 0.185 e. The van der Waals surface area contributed by atoms with Gasteiger partial charge in [0.25, 0.3) is 0 Å². The third kappa shape index (κ3) is 2.80. The van der Waals surface area contributed by atoms with Crippen molar-refractivity contribution in [3.63, 3.8) is 0 Å². The van der Waals surface area contributed by atoms with Crippen molar-refractivity contribution >= 4 is 16.9 Å². The molecule has 0 fully saturated rings. The van der Waals surface area contributed by atoms with E-state index in [1.165, 1.54) is 12.5 Å². The topological polar surface area (TPSA) is 95.6 Å². The summed E-state index contributed by atoms with van der Waals surface area (Å²) in [6, 6.07) is 0. The molecule has 15 heavy (non-hydrogen) atoms. The Morgan fingerprint density at radius 3 is 2.27 bits per heavy atom. The molecule has 0 bridgehead atoms. The number of nitrogen functional groups attached to an aromatic ring is 2. The lowest BCUT2D eigenvalue weighted by Gasteiger charge is -1.92. The fourth-order valence-electron chi connectivity index (χ4n) is 0.880. The number of nitrogens with zero attached hydrogens (tertiary/aromatic N) is 4. The van der Waals surface area contributed by atoms with Crippen LogP contribution >= 0.6 is 0 Å². The second kappa shape index (κ2) is 6.58. The van der Waals surface area contributed by atoms with Crippen LogP contribution in [0.1, 0.15) is 27.7 Å². The Hall–Kier alpha value is -1.85. The zero-order chi connectivity index (χ0) is 11.8. The first-order valence-corrected chi connectivity index (χ1v) is 4.98. The van der Waals surface area contributed by atoms with Gasteiger partial charge < -0.3 is 11.6 Å². The average molecular weight is 210 g/mol. The number of hydrogen-bond donors (Lipinski definition) is 2. The molecule has 6 nitrogen and oxygen atoms in total. The summed E-state index contributed by atoms with van der Waals surface area (Å²) >= 11 is 0. The first kappa shape index (κ1) is 13.2. The largest absolute Gasteiger partial charge is 0.383 e. The van der Waals surface area contributed by atoms with Gasteiger partial charge in [-0.2, -0.15) is 9.89 Å². The molecule has 0 amide bonds. The van der Waals surface area contributed by atoms with Crippen LogP contribution in [0, 0.1) is 0 Å². The minimum absolute atomic E-state index is 0.395. The fraction of sp³-hybridized carbons (Fsp3) is 0.444. The van der Waals surface area contributed by atoms with Crippen LogP contribution in [0.4, 0.5) is 5.82 Å². The maximum atomic E-state index is 5.51. The maximum absolute atomic E-state index is 5.51. The fourth-order valence-corrected chi connectivity index (χ4v) is 0.880. The molecule has 0 aliphatic rings. The van der Waals surface area contributed by atoms with Crippen LogP contribution in [0.3, 0.4) is 0 Å². The number of rotatable bonds is 0. The standard InChI is InChI=1S/C5H6N6.2C2H6/c6-4-3-1-10-11(7)5(3)9-2-8-4;2*1-2/h1-2H,7H2,(H2,6,8,9);2*1-2H3. The minimum Gasteiger partial charge on any atom is -0.383 e. The van der Waals surface area contributed by atoms with Gasteiger partial charge in [-0.05, 0) is 0 Å². The minimum atomic E-state index is 0.395. The average Bonchev–Trinajstić information content (AvgIpc) is 2.68. The summed E-state index contributed by atoms with van der Waals surface area (Å²) in [7, 11) is 0. The molecule has 4 N–H and O–H groups in total. The van der Waals surface area contributed by atoms with E-state index in [-0.39, 0.29) is 0 Å². The molecule has 0 spiro atoms. The molecule has 0 saturated carbocycles. The van der Waals surface area contributed by atoms with Gasteiger partial charge in [-0.1, -0.05) is 27.7 Å². The van der Waals surface area contributed by atoms with Gasteiger partial charge in [-0.25, -0.2) is 9.97 Å². The SMILES string of the molecule is CC.CC.Nc1ncnc2c1cnn2N. The molecule has 6 heteroatoms. The highest BCUT2D eigenvalue weighted by Gasteiger charge is 2.03. The Labute approximate surface area is 89.3 Å². The van der Waals surface area contributed by atoms with Gasteiger partial charge in [0.2, 0.25) is 0 Å². The number of nitrogens with two attached hydrogens (primary N) is 2. The smallest absolute Gasteiger partial charge is 0.185 e. The van der Waals surface area contributed by atoms with Crippen LogP contribution in [0.15, 0.2) is 12.5 Å². The van der Waals surface area contributed by atoms with Crippen LogP contribution in [-0.2, 0) is 0 Å². The normalized spacial score (nSPS) is 8.53. The number of fused-ring (bicyclic) bond motifs is 1. The molecule has 0 atom stereocenters. The second-order valence-corrected chi connectivity index (χ2v) is 2.09. The van der Waals surface area contributed by atoms with Crippen molar-refractivity contribution in [3.8, 4) is 0 Å². The van der Waals surface area contributed by atoms with Crippen molar-refractivity contribution in [1.29, 1.82) is 0 Å². The summed E-state index contributed by atoms with van der Waals surface area (Å²) in [4.78, 5) is 8.82. The molecule has 2 heterocycles. The summed E-state index contributed by atoms with van der Waals surface area (Å²) < 4.78 is 0. The first-order valence-electron chi connectivity index (χ1n) is 4.98. The highest BCUT2D eigenvalue weighted by Crippen LogP contribution is 2.12. The number of hydrogen-bond acceptors (Lipinski definition) is 5. The molecule has 0 aliphatic carbocycles. The van der Waals surface area contributed by atoms with Gasteiger partial charge >= 0.3 is 0 Å². The van der Waals surface area contributed by atoms with Crippen LogP contribution in [0.5, 0.6) is 0 Å². The summed E-state index contributed by atoms with van der Waals surface area (Å²) in [5.41, 5.74) is 6.05. The van der Waals surface area contributed by atoms with E-state index in [9.17, 15) is 0 Å². The van der Waals surface area contributed by atoms with E-state index in [0.29, 0.717) is 16.9 Å².